The van der Waals surface area contributed by atoms with E-state index in [0.717, 1.165) is 12.0 Å². The van der Waals surface area contributed by atoms with Crippen molar-refractivity contribution in [1.82, 2.24) is 0 Å². The Morgan fingerprint density at radius 1 is 1.21 bits per heavy atom. The molecule has 0 unspecified atom stereocenters. The molecule has 19 heavy (non-hydrogen) atoms. The molecule has 3 rings (SSSR count). The Morgan fingerprint density at radius 3 is 2.58 bits per heavy atom. The summed E-state index contributed by atoms with van der Waals surface area (Å²) >= 11 is 0. The van der Waals surface area contributed by atoms with Gasteiger partial charge in [-0.05, 0) is 57.4 Å². The van der Waals surface area contributed by atoms with Crippen LogP contribution in [0, 0.1) is 11.8 Å². The molecule has 2 aliphatic carbocycles. The average Bonchev–Trinajstić information content (AvgIpc) is 2.66. The smallest absolute Gasteiger partial charge is 0.334 e. The van der Waals surface area contributed by atoms with E-state index < -0.39 is 11.2 Å². The lowest BCUT2D eigenvalue weighted by molar-refractivity contribution is -0.142. The predicted octanol–water partition coefficient (Wildman–Crippen LogP) is 1.55. The number of aliphatic hydroxyl groups is 2. The minimum Gasteiger partial charge on any atom is -0.454 e. The molecular formula is C15H22O4. The molecule has 1 heterocycles. The van der Waals surface area contributed by atoms with Crippen molar-refractivity contribution in [1.29, 1.82) is 0 Å². The molecular weight excluding hydrogens is 244 g/mol. The van der Waals surface area contributed by atoms with Crippen LogP contribution in [0.5, 0.6) is 0 Å². The average molecular weight is 266 g/mol. The Kier molecular flexibility index (Phi) is 2.64. The van der Waals surface area contributed by atoms with Crippen LogP contribution < -0.4 is 0 Å². The fraction of sp³-hybridized carbons (Fsp3) is 0.800. The first-order valence-corrected chi connectivity index (χ1v) is 7.08. The first-order valence-electron chi connectivity index (χ1n) is 7.08. The van der Waals surface area contributed by atoms with Gasteiger partial charge in [-0.25, -0.2) is 4.79 Å². The van der Waals surface area contributed by atoms with Gasteiger partial charge in [-0.3, -0.25) is 0 Å². The summed E-state index contributed by atoms with van der Waals surface area (Å²) in [7, 11) is 0. The second kappa shape index (κ2) is 3.83. The zero-order chi connectivity index (χ0) is 14.0. The van der Waals surface area contributed by atoms with Crippen LogP contribution in [0.1, 0.15) is 46.5 Å². The standard InChI is InChI=1S/C15H22O4/c1-8-9-6-11-10(4-5-14(11,2)17)15(3,18)7-12(9)19-13(8)16/h10-12,17-18H,4-7H2,1-3H3/t10-,11+,12-,14+,15-/m0/s1. The van der Waals surface area contributed by atoms with Crippen molar-refractivity contribution in [2.45, 2.75) is 63.8 Å². The van der Waals surface area contributed by atoms with E-state index in [1.165, 1.54) is 0 Å². The Morgan fingerprint density at radius 2 is 1.89 bits per heavy atom. The van der Waals surface area contributed by atoms with E-state index in [0.29, 0.717) is 24.8 Å². The Hall–Kier alpha value is -0.870. The molecule has 3 aliphatic rings. The van der Waals surface area contributed by atoms with Crippen molar-refractivity contribution in [3.8, 4) is 0 Å². The fourth-order valence-corrected chi connectivity index (χ4v) is 4.25. The summed E-state index contributed by atoms with van der Waals surface area (Å²) in [5.74, 6) is -0.189. The number of fused-ring (bicyclic) bond motifs is 2. The zero-order valence-electron chi connectivity index (χ0n) is 11.8. The highest BCUT2D eigenvalue weighted by atomic mass is 16.5. The monoisotopic (exact) mass is 266 g/mol. The molecule has 0 aromatic carbocycles. The SMILES string of the molecule is CC1=C2C[C@@H]3[C@H](CC[C@@]3(C)O)[C@@](C)(O)C[C@@H]2OC1=O. The molecule has 4 nitrogen and oxygen atoms in total. The van der Waals surface area contributed by atoms with Gasteiger partial charge < -0.3 is 14.9 Å². The molecule has 2 N–H and O–H groups in total. The highest BCUT2D eigenvalue weighted by Crippen LogP contribution is 2.53. The molecule has 0 radical (unpaired) electrons. The van der Waals surface area contributed by atoms with Gasteiger partial charge >= 0.3 is 5.97 Å². The third kappa shape index (κ3) is 1.84. The summed E-state index contributed by atoms with van der Waals surface area (Å²) < 4.78 is 5.37. The fourth-order valence-electron chi connectivity index (χ4n) is 4.25. The lowest BCUT2D eigenvalue weighted by atomic mass is 9.76. The minimum absolute atomic E-state index is 0.00644. The maximum Gasteiger partial charge on any atom is 0.334 e. The number of ether oxygens (including phenoxy) is 1. The Balaban J connectivity index is 2.04. The summed E-state index contributed by atoms with van der Waals surface area (Å²) in [5.41, 5.74) is 0.00869. The highest BCUT2D eigenvalue weighted by molar-refractivity contribution is 5.91. The Labute approximate surface area is 113 Å². The normalized spacial score (nSPS) is 49.7. The van der Waals surface area contributed by atoms with Crippen LogP contribution in [-0.2, 0) is 9.53 Å². The van der Waals surface area contributed by atoms with E-state index in [1.54, 1.807) is 6.92 Å². The number of carbonyl (C=O) groups is 1. The molecule has 0 bridgehead atoms. The number of rotatable bonds is 0. The number of hydrogen-bond donors (Lipinski definition) is 2. The summed E-state index contributed by atoms with van der Waals surface area (Å²) in [6, 6.07) is 0. The van der Waals surface area contributed by atoms with Crippen molar-refractivity contribution in [2.75, 3.05) is 0 Å². The van der Waals surface area contributed by atoms with Gasteiger partial charge in [0, 0.05) is 12.0 Å². The second-order valence-electron chi connectivity index (χ2n) is 6.92. The third-order valence-electron chi connectivity index (χ3n) is 5.51. The van der Waals surface area contributed by atoms with E-state index in [-0.39, 0.29) is 23.9 Å². The highest BCUT2D eigenvalue weighted by Gasteiger charge is 2.55. The second-order valence-corrected chi connectivity index (χ2v) is 6.92. The predicted molar refractivity (Wildman–Crippen MR) is 69.3 cm³/mol. The van der Waals surface area contributed by atoms with Crippen LogP contribution in [0.15, 0.2) is 11.1 Å². The van der Waals surface area contributed by atoms with E-state index >= 15 is 0 Å². The number of esters is 1. The summed E-state index contributed by atoms with van der Waals surface area (Å²) in [6.45, 7) is 5.45. The molecule has 0 amide bonds. The minimum atomic E-state index is -0.886. The summed E-state index contributed by atoms with van der Waals surface area (Å²) in [6.07, 6.45) is 2.35. The lowest BCUT2D eigenvalue weighted by Gasteiger charge is -2.35. The third-order valence-corrected chi connectivity index (χ3v) is 5.51. The van der Waals surface area contributed by atoms with Crippen LogP contribution in [0.3, 0.4) is 0 Å². The van der Waals surface area contributed by atoms with Gasteiger partial charge in [0.1, 0.15) is 6.10 Å². The molecule has 2 fully saturated rings. The molecule has 4 heteroatoms. The van der Waals surface area contributed by atoms with E-state index in [4.69, 9.17) is 4.74 Å². The quantitative estimate of drug-likeness (QED) is 0.653. The van der Waals surface area contributed by atoms with Gasteiger partial charge in [0.25, 0.3) is 0 Å². The van der Waals surface area contributed by atoms with Gasteiger partial charge in [0.2, 0.25) is 0 Å². The molecule has 106 valence electrons. The summed E-state index contributed by atoms with van der Waals surface area (Å²) in [5, 5.41) is 21.3. The Bertz CT molecular complexity index is 461. The largest absolute Gasteiger partial charge is 0.454 e. The van der Waals surface area contributed by atoms with E-state index in [1.807, 2.05) is 13.8 Å². The maximum atomic E-state index is 11.7. The van der Waals surface area contributed by atoms with Crippen molar-refractivity contribution >= 4 is 5.97 Å². The van der Waals surface area contributed by atoms with E-state index in [9.17, 15) is 15.0 Å². The van der Waals surface area contributed by atoms with Gasteiger partial charge in [-0.15, -0.1) is 0 Å². The number of hydrogen-bond acceptors (Lipinski definition) is 4. The topological polar surface area (TPSA) is 66.8 Å². The molecule has 5 atom stereocenters. The number of carbonyl (C=O) groups excluding carboxylic acids is 1. The van der Waals surface area contributed by atoms with E-state index in [2.05, 4.69) is 0 Å². The molecule has 0 aromatic rings. The van der Waals surface area contributed by atoms with Gasteiger partial charge in [-0.1, -0.05) is 0 Å². The molecule has 0 aromatic heterocycles. The van der Waals surface area contributed by atoms with Crippen molar-refractivity contribution in [3.63, 3.8) is 0 Å². The summed E-state index contributed by atoms with van der Waals surface area (Å²) in [4.78, 5) is 11.7. The van der Waals surface area contributed by atoms with Crippen LogP contribution in [0.2, 0.25) is 0 Å². The van der Waals surface area contributed by atoms with Crippen molar-refractivity contribution in [2.24, 2.45) is 11.8 Å². The first-order chi connectivity index (χ1) is 8.72. The molecule has 0 spiro atoms. The van der Waals surface area contributed by atoms with Crippen LogP contribution in [0.25, 0.3) is 0 Å². The molecule has 0 saturated heterocycles. The van der Waals surface area contributed by atoms with Gasteiger partial charge in [0.15, 0.2) is 0 Å². The molecule has 2 saturated carbocycles. The first kappa shape index (κ1) is 13.1. The van der Waals surface area contributed by atoms with Crippen molar-refractivity contribution < 1.29 is 19.7 Å². The van der Waals surface area contributed by atoms with Crippen LogP contribution in [0.4, 0.5) is 0 Å². The lowest BCUT2D eigenvalue weighted by Crippen LogP contribution is -2.41. The van der Waals surface area contributed by atoms with Crippen molar-refractivity contribution in [3.05, 3.63) is 11.1 Å². The maximum absolute atomic E-state index is 11.7. The van der Waals surface area contributed by atoms with Gasteiger partial charge in [0.05, 0.1) is 11.2 Å². The van der Waals surface area contributed by atoms with Crippen LogP contribution in [-0.4, -0.2) is 33.5 Å². The van der Waals surface area contributed by atoms with Crippen LogP contribution >= 0.6 is 0 Å². The van der Waals surface area contributed by atoms with Gasteiger partial charge in [-0.2, -0.15) is 0 Å². The zero-order valence-corrected chi connectivity index (χ0v) is 11.8. The molecule has 1 aliphatic heterocycles.